The first-order valence-electron chi connectivity index (χ1n) is 7.16. The zero-order valence-electron chi connectivity index (χ0n) is 12.2. The highest BCUT2D eigenvalue weighted by Crippen LogP contribution is 2.31. The normalized spacial score (nSPS) is 15.0. The molecule has 5 nitrogen and oxygen atoms in total. The monoisotopic (exact) mass is 334 g/mol. The van der Waals surface area contributed by atoms with Gasteiger partial charge in [-0.15, -0.1) is 0 Å². The second-order valence-electron chi connectivity index (χ2n) is 5.20. The maximum Gasteiger partial charge on any atom is 0.264 e. The Balaban J connectivity index is 1.98. The van der Waals surface area contributed by atoms with Crippen molar-refractivity contribution in [3.63, 3.8) is 0 Å². The van der Waals surface area contributed by atoms with E-state index in [-0.39, 0.29) is 11.6 Å². The van der Waals surface area contributed by atoms with E-state index in [0.717, 1.165) is 12.5 Å². The number of hydrogen-bond acceptors (Lipinski definition) is 3. The molecule has 1 saturated heterocycles. The van der Waals surface area contributed by atoms with Crippen LogP contribution in [0.4, 0.5) is 15.8 Å². The standard InChI is InChI=1S/C16H15FN2O3S/c17-12-6-1-4-9-15(12)23(21,22)18-13-7-2-3-8-14(13)19-11-5-10-16(19)20/h1-4,6-9,18H,5,10-11H2. The summed E-state index contributed by atoms with van der Waals surface area (Å²) in [5, 5.41) is 0. The quantitative estimate of drug-likeness (QED) is 0.935. The number of nitrogens with one attached hydrogen (secondary N) is 1. The van der Waals surface area contributed by atoms with Crippen molar-refractivity contribution in [2.24, 2.45) is 0 Å². The van der Waals surface area contributed by atoms with Crippen molar-refractivity contribution >= 4 is 27.3 Å². The minimum atomic E-state index is -4.08. The molecule has 2 aromatic carbocycles. The summed E-state index contributed by atoms with van der Waals surface area (Å²) in [6, 6.07) is 11.8. The molecule has 0 aromatic heterocycles. The van der Waals surface area contributed by atoms with Crippen LogP contribution in [0.25, 0.3) is 0 Å². The fourth-order valence-electron chi connectivity index (χ4n) is 2.56. The van der Waals surface area contributed by atoms with E-state index < -0.39 is 20.7 Å². The molecule has 7 heteroatoms. The van der Waals surface area contributed by atoms with E-state index in [0.29, 0.717) is 18.7 Å². The molecule has 0 atom stereocenters. The lowest BCUT2D eigenvalue weighted by Gasteiger charge is -2.20. The predicted octanol–water partition coefficient (Wildman–Crippen LogP) is 2.75. The number of nitrogens with zero attached hydrogens (tertiary/aromatic N) is 1. The van der Waals surface area contributed by atoms with Crippen LogP contribution < -0.4 is 9.62 Å². The third-order valence-corrected chi connectivity index (χ3v) is 5.04. The lowest BCUT2D eigenvalue weighted by molar-refractivity contribution is -0.117. The lowest BCUT2D eigenvalue weighted by Crippen LogP contribution is -2.25. The molecule has 1 fully saturated rings. The maximum atomic E-state index is 13.8. The predicted molar refractivity (Wildman–Crippen MR) is 85.2 cm³/mol. The van der Waals surface area contributed by atoms with Gasteiger partial charge in [-0.1, -0.05) is 24.3 Å². The maximum absolute atomic E-state index is 13.8. The highest BCUT2D eigenvalue weighted by molar-refractivity contribution is 7.92. The molecular weight excluding hydrogens is 319 g/mol. The Labute approximate surface area is 133 Å². The summed E-state index contributed by atoms with van der Waals surface area (Å²) in [6.45, 7) is 0.539. The molecule has 2 aromatic rings. The van der Waals surface area contributed by atoms with Crippen LogP contribution in [0.3, 0.4) is 0 Å². The number of carbonyl (C=O) groups is 1. The van der Waals surface area contributed by atoms with Gasteiger partial charge in [0.25, 0.3) is 10.0 Å². The summed E-state index contributed by atoms with van der Waals surface area (Å²) in [4.78, 5) is 13.0. The van der Waals surface area contributed by atoms with Gasteiger partial charge in [0.1, 0.15) is 10.7 Å². The van der Waals surface area contributed by atoms with Crippen molar-refractivity contribution in [3.05, 3.63) is 54.3 Å². The van der Waals surface area contributed by atoms with Crippen LogP contribution >= 0.6 is 0 Å². The molecule has 1 heterocycles. The number of anilines is 2. The third-order valence-electron chi connectivity index (χ3n) is 3.64. The van der Waals surface area contributed by atoms with Crippen LogP contribution in [0, 0.1) is 5.82 Å². The van der Waals surface area contributed by atoms with Crippen LogP contribution in [0.5, 0.6) is 0 Å². The van der Waals surface area contributed by atoms with Crippen molar-refractivity contribution in [1.29, 1.82) is 0 Å². The summed E-state index contributed by atoms with van der Waals surface area (Å²) in [7, 11) is -4.08. The van der Waals surface area contributed by atoms with Gasteiger partial charge in [-0.05, 0) is 30.7 Å². The summed E-state index contributed by atoms with van der Waals surface area (Å²) < 4.78 is 41.0. The van der Waals surface area contributed by atoms with Crippen LogP contribution in [-0.4, -0.2) is 20.9 Å². The first-order valence-corrected chi connectivity index (χ1v) is 8.64. The first kappa shape index (κ1) is 15.5. The van der Waals surface area contributed by atoms with Gasteiger partial charge in [0, 0.05) is 13.0 Å². The minimum absolute atomic E-state index is 0.0532. The second-order valence-corrected chi connectivity index (χ2v) is 6.85. The van der Waals surface area contributed by atoms with E-state index in [1.807, 2.05) is 0 Å². The van der Waals surface area contributed by atoms with Gasteiger partial charge < -0.3 is 4.90 Å². The smallest absolute Gasteiger partial charge is 0.264 e. The fraction of sp³-hybridized carbons (Fsp3) is 0.188. The van der Waals surface area contributed by atoms with E-state index in [9.17, 15) is 17.6 Å². The summed E-state index contributed by atoms with van der Waals surface area (Å²) in [6.07, 6.45) is 1.17. The lowest BCUT2D eigenvalue weighted by atomic mass is 10.2. The van der Waals surface area contributed by atoms with Gasteiger partial charge in [0.15, 0.2) is 0 Å². The van der Waals surface area contributed by atoms with E-state index >= 15 is 0 Å². The third kappa shape index (κ3) is 3.05. The largest absolute Gasteiger partial charge is 0.310 e. The molecular formula is C16H15FN2O3S. The zero-order chi connectivity index (χ0) is 16.4. The van der Waals surface area contributed by atoms with Gasteiger partial charge >= 0.3 is 0 Å². The summed E-state index contributed by atoms with van der Waals surface area (Å²) in [5.41, 5.74) is 0.737. The number of amides is 1. The molecule has 0 aliphatic carbocycles. The number of para-hydroxylation sites is 2. The van der Waals surface area contributed by atoms with E-state index in [1.54, 1.807) is 29.2 Å². The van der Waals surface area contributed by atoms with Crippen molar-refractivity contribution in [2.75, 3.05) is 16.2 Å². The number of rotatable bonds is 4. The fourth-order valence-corrected chi connectivity index (χ4v) is 3.72. The van der Waals surface area contributed by atoms with E-state index in [2.05, 4.69) is 4.72 Å². The molecule has 120 valence electrons. The van der Waals surface area contributed by atoms with Crippen molar-refractivity contribution in [3.8, 4) is 0 Å². The molecule has 1 aliphatic heterocycles. The minimum Gasteiger partial charge on any atom is -0.310 e. The Kier molecular flexibility index (Phi) is 4.04. The van der Waals surface area contributed by atoms with Crippen molar-refractivity contribution < 1.29 is 17.6 Å². The van der Waals surface area contributed by atoms with Crippen LogP contribution in [-0.2, 0) is 14.8 Å². The first-order chi connectivity index (χ1) is 11.0. The van der Waals surface area contributed by atoms with E-state index in [4.69, 9.17) is 0 Å². The Morgan fingerprint density at radius 3 is 2.43 bits per heavy atom. The molecule has 0 radical (unpaired) electrons. The second kappa shape index (κ2) is 6.00. The molecule has 3 rings (SSSR count). The van der Waals surface area contributed by atoms with Gasteiger partial charge in [0.2, 0.25) is 5.91 Å². The summed E-state index contributed by atoms with van der Waals surface area (Å²) >= 11 is 0. The molecule has 0 unspecified atom stereocenters. The number of benzene rings is 2. The Bertz CT molecular complexity index is 852. The van der Waals surface area contributed by atoms with Crippen LogP contribution in [0.1, 0.15) is 12.8 Å². The number of carbonyl (C=O) groups excluding carboxylic acids is 1. The number of hydrogen-bond donors (Lipinski definition) is 1. The van der Waals surface area contributed by atoms with Gasteiger partial charge in [-0.3, -0.25) is 9.52 Å². The van der Waals surface area contributed by atoms with Crippen molar-refractivity contribution in [2.45, 2.75) is 17.7 Å². The average molecular weight is 334 g/mol. The molecule has 0 bridgehead atoms. The summed E-state index contributed by atoms with van der Waals surface area (Å²) in [5.74, 6) is -0.878. The molecule has 23 heavy (non-hydrogen) atoms. The van der Waals surface area contributed by atoms with Gasteiger partial charge in [0.05, 0.1) is 11.4 Å². The number of halogens is 1. The molecule has 1 aliphatic rings. The molecule has 1 amide bonds. The SMILES string of the molecule is O=C1CCCN1c1ccccc1NS(=O)(=O)c1ccccc1F. The molecule has 0 saturated carbocycles. The van der Waals surface area contributed by atoms with Crippen LogP contribution in [0.15, 0.2) is 53.4 Å². The Morgan fingerprint density at radius 2 is 1.74 bits per heavy atom. The average Bonchev–Trinajstić information content (AvgIpc) is 2.94. The molecule has 1 N–H and O–H groups in total. The van der Waals surface area contributed by atoms with Crippen molar-refractivity contribution in [1.82, 2.24) is 0 Å². The molecule has 0 spiro atoms. The highest BCUT2D eigenvalue weighted by atomic mass is 32.2. The topological polar surface area (TPSA) is 66.5 Å². The van der Waals surface area contributed by atoms with Crippen LogP contribution in [0.2, 0.25) is 0 Å². The van der Waals surface area contributed by atoms with E-state index in [1.165, 1.54) is 18.2 Å². The number of sulfonamides is 1. The highest BCUT2D eigenvalue weighted by Gasteiger charge is 2.26. The zero-order valence-corrected chi connectivity index (χ0v) is 13.0. The van der Waals surface area contributed by atoms with Gasteiger partial charge in [-0.2, -0.15) is 0 Å². The van der Waals surface area contributed by atoms with Gasteiger partial charge in [-0.25, -0.2) is 12.8 Å². The Hall–Kier alpha value is -2.41. The Morgan fingerprint density at radius 1 is 1.04 bits per heavy atom.